The van der Waals surface area contributed by atoms with Crippen molar-refractivity contribution in [3.8, 4) is 0 Å². The summed E-state index contributed by atoms with van der Waals surface area (Å²) in [6.45, 7) is 2.00. The largest absolute Gasteiger partial charge is 0.381 e. The molecule has 2 aliphatic rings. The lowest BCUT2D eigenvalue weighted by molar-refractivity contribution is -0.0133. The fraction of sp³-hybridized carbons (Fsp3) is 1.00. The summed E-state index contributed by atoms with van der Waals surface area (Å²) in [6.07, 6.45) is 8.06. The van der Waals surface area contributed by atoms with Crippen LogP contribution in [0.2, 0.25) is 0 Å². The Morgan fingerprint density at radius 1 is 1.38 bits per heavy atom. The second kappa shape index (κ2) is 5.03. The van der Waals surface area contributed by atoms with Gasteiger partial charge in [0.25, 0.3) is 0 Å². The van der Waals surface area contributed by atoms with E-state index in [1.807, 2.05) is 7.11 Å². The predicted molar refractivity (Wildman–Crippen MR) is 66.4 cm³/mol. The van der Waals surface area contributed by atoms with Gasteiger partial charge < -0.3 is 10.5 Å². The van der Waals surface area contributed by atoms with Crippen molar-refractivity contribution in [3.63, 3.8) is 0 Å². The zero-order valence-electron chi connectivity index (χ0n) is 10.7. The maximum atomic E-state index is 6.05. The summed E-state index contributed by atoms with van der Waals surface area (Å²) >= 11 is 0. The topological polar surface area (TPSA) is 38.5 Å². The first-order valence-corrected chi connectivity index (χ1v) is 6.64. The maximum absolute atomic E-state index is 6.05. The Morgan fingerprint density at radius 3 is 2.69 bits per heavy atom. The van der Waals surface area contributed by atoms with E-state index in [0.29, 0.717) is 6.10 Å². The van der Waals surface area contributed by atoms with Gasteiger partial charge in [-0.15, -0.1) is 0 Å². The van der Waals surface area contributed by atoms with Gasteiger partial charge in [-0.2, -0.15) is 0 Å². The van der Waals surface area contributed by atoms with Gasteiger partial charge in [-0.1, -0.05) is 0 Å². The lowest BCUT2D eigenvalue weighted by Crippen LogP contribution is -2.56. The third-order valence-electron chi connectivity index (χ3n) is 4.53. The summed E-state index contributed by atoms with van der Waals surface area (Å²) in [6, 6.07) is 0. The average Bonchev–Trinajstić information content (AvgIpc) is 3.12. The van der Waals surface area contributed by atoms with Gasteiger partial charge in [-0.05, 0) is 51.5 Å². The van der Waals surface area contributed by atoms with Crippen LogP contribution < -0.4 is 5.73 Å². The van der Waals surface area contributed by atoms with Crippen LogP contribution in [0.1, 0.15) is 38.5 Å². The summed E-state index contributed by atoms with van der Waals surface area (Å²) in [4.78, 5) is 2.52. The number of methoxy groups -OCH3 is 1. The lowest BCUT2D eigenvalue weighted by atomic mass is 9.78. The second-order valence-corrected chi connectivity index (χ2v) is 5.71. The summed E-state index contributed by atoms with van der Waals surface area (Å²) in [5, 5.41) is 0. The van der Waals surface area contributed by atoms with Crippen LogP contribution in [0, 0.1) is 5.92 Å². The van der Waals surface area contributed by atoms with E-state index in [1.54, 1.807) is 0 Å². The van der Waals surface area contributed by atoms with Gasteiger partial charge in [0.05, 0.1) is 6.10 Å². The monoisotopic (exact) mass is 226 g/mol. The number of nitrogens with zero attached hydrogens (tertiary/aromatic N) is 1. The zero-order valence-corrected chi connectivity index (χ0v) is 10.7. The molecule has 2 N–H and O–H groups in total. The van der Waals surface area contributed by atoms with Crippen molar-refractivity contribution in [1.29, 1.82) is 0 Å². The molecule has 2 atom stereocenters. The van der Waals surface area contributed by atoms with Crippen LogP contribution in [0.25, 0.3) is 0 Å². The first kappa shape index (κ1) is 12.3. The number of ether oxygens (including phenoxy) is 1. The van der Waals surface area contributed by atoms with Crippen molar-refractivity contribution in [3.05, 3.63) is 0 Å². The molecule has 0 aliphatic heterocycles. The van der Waals surface area contributed by atoms with Gasteiger partial charge in [-0.25, -0.2) is 0 Å². The minimum absolute atomic E-state index is 0.210. The molecule has 0 heterocycles. The number of hydrogen-bond acceptors (Lipinski definition) is 3. The molecule has 2 saturated carbocycles. The third-order valence-corrected chi connectivity index (χ3v) is 4.53. The molecule has 0 aromatic heterocycles. The Kier molecular flexibility index (Phi) is 3.88. The van der Waals surface area contributed by atoms with Gasteiger partial charge in [0.1, 0.15) is 0 Å². The maximum Gasteiger partial charge on any atom is 0.0589 e. The minimum atomic E-state index is 0.210. The van der Waals surface area contributed by atoms with Crippen LogP contribution in [0.3, 0.4) is 0 Å². The molecule has 0 aromatic rings. The van der Waals surface area contributed by atoms with Crippen molar-refractivity contribution in [2.75, 3.05) is 27.2 Å². The Balaban J connectivity index is 1.97. The van der Waals surface area contributed by atoms with Crippen LogP contribution in [-0.2, 0) is 4.74 Å². The highest BCUT2D eigenvalue weighted by atomic mass is 16.5. The SMILES string of the molecule is COC1CCCC(CN)(N(C)CC2CC2)C1. The fourth-order valence-corrected chi connectivity index (χ4v) is 3.06. The summed E-state index contributed by atoms with van der Waals surface area (Å²) < 4.78 is 5.54. The van der Waals surface area contributed by atoms with E-state index in [1.165, 1.54) is 38.6 Å². The summed E-state index contributed by atoms with van der Waals surface area (Å²) in [5.74, 6) is 0.941. The van der Waals surface area contributed by atoms with Crippen molar-refractivity contribution in [2.24, 2.45) is 11.7 Å². The van der Waals surface area contributed by atoms with E-state index in [4.69, 9.17) is 10.5 Å². The van der Waals surface area contributed by atoms with E-state index in [2.05, 4.69) is 11.9 Å². The highest BCUT2D eigenvalue weighted by Crippen LogP contribution is 2.37. The zero-order chi connectivity index (χ0) is 11.6. The van der Waals surface area contributed by atoms with Crippen molar-refractivity contribution >= 4 is 0 Å². The molecule has 0 aromatic carbocycles. The number of hydrogen-bond donors (Lipinski definition) is 1. The van der Waals surface area contributed by atoms with Crippen LogP contribution in [0.15, 0.2) is 0 Å². The van der Waals surface area contributed by atoms with Crippen molar-refractivity contribution < 1.29 is 4.74 Å². The molecule has 2 unspecified atom stereocenters. The molecule has 0 bridgehead atoms. The lowest BCUT2D eigenvalue weighted by Gasteiger charge is -2.46. The molecule has 0 radical (unpaired) electrons. The molecule has 2 rings (SSSR count). The first-order valence-electron chi connectivity index (χ1n) is 6.64. The van der Waals surface area contributed by atoms with Gasteiger partial charge in [0.2, 0.25) is 0 Å². The Labute approximate surface area is 99.3 Å². The summed E-state index contributed by atoms with van der Waals surface area (Å²) in [7, 11) is 4.08. The molecule has 0 amide bonds. The van der Waals surface area contributed by atoms with E-state index >= 15 is 0 Å². The van der Waals surface area contributed by atoms with Crippen molar-refractivity contribution in [1.82, 2.24) is 4.90 Å². The van der Waals surface area contributed by atoms with Crippen molar-refractivity contribution in [2.45, 2.75) is 50.2 Å². The smallest absolute Gasteiger partial charge is 0.0589 e. The predicted octanol–water partition coefficient (Wildman–Crippen LogP) is 1.61. The van der Waals surface area contributed by atoms with Crippen LogP contribution >= 0.6 is 0 Å². The number of likely N-dealkylation sites (N-methyl/N-ethyl adjacent to an activating group) is 1. The molecular formula is C13H26N2O. The van der Waals surface area contributed by atoms with Gasteiger partial charge in [0.15, 0.2) is 0 Å². The number of rotatable bonds is 5. The van der Waals surface area contributed by atoms with Gasteiger partial charge >= 0.3 is 0 Å². The molecule has 0 spiro atoms. The second-order valence-electron chi connectivity index (χ2n) is 5.71. The standard InChI is InChI=1S/C13H26N2O/c1-15(9-11-5-6-11)13(10-14)7-3-4-12(8-13)16-2/h11-12H,3-10,14H2,1-2H3. The van der Waals surface area contributed by atoms with E-state index in [0.717, 1.165) is 18.9 Å². The average molecular weight is 226 g/mol. The van der Waals surface area contributed by atoms with E-state index < -0.39 is 0 Å². The van der Waals surface area contributed by atoms with Crippen LogP contribution in [0.4, 0.5) is 0 Å². The molecule has 0 saturated heterocycles. The van der Waals surface area contributed by atoms with E-state index in [-0.39, 0.29) is 5.54 Å². The Morgan fingerprint density at radius 2 is 2.12 bits per heavy atom. The minimum Gasteiger partial charge on any atom is -0.381 e. The van der Waals surface area contributed by atoms with Gasteiger partial charge in [-0.3, -0.25) is 4.90 Å². The summed E-state index contributed by atoms with van der Waals surface area (Å²) in [5.41, 5.74) is 6.26. The first-order chi connectivity index (χ1) is 7.70. The third kappa shape index (κ3) is 2.58. The molecular weight excluding hydrogens is 200 g/mol. The van der Waals surface area contributed by atoms with E-state index in [9.17, 15) is 0 Å². The Hall–Kier alpha value is -0.120. The molecule has 16 heavy (non-hydrogen) atoms. The highest BCUT2D eigenvalue weighted by molar-refractivity contribution is 4.97. The van der Waals surface area contributed by atoms with Gasteiger partial charge in [0, 0.05) is 25.7 Å². The molecule has 3 nitrogen and oxygen atoms in total. The molecule has 94 valence electrons. The molecule has 3 heteroatoms. The quantitative estimate of drug-likeness (QED) is 0.774. The molecule has 2 fully saturated rings. The molecule has 2 aliphatic carbocycles. The van der Waals surface area contributed by atoms with Crippen LogP contribution in [0.5, 0.6) is 0 Å². The van der Waals surface area contributed by atoms with Crippen LogP contribution in [-0.4, -0.2) is 43.8 Å². The number of nitrogens with two attached hydrogens (primary N) is 1. The fourth-order valence-electron chi connectivity index (χ4n) is 3.06. The Bertz CT molecular complexity index is 230. The normalized spacial score (nSPS) is 35.6. The highest BCUT2D eigenvalue weighted by Gasteiger charge is 2.40.